The minimum atomic E-state index is -0.482. The van der Waals surface area contributed by atoms with Crippen LogP contribution in [0.2, 0.25) is 0 Å². The van der Waals surface area contributed by atoms with Crippen molar-refractivity contribution in [3.8, 4) is 0 Å². The number of piperazine rings is 1. The maximum absolute atomic E-state index is 12.5. The lowest BCUT2D eigenvalue weighted by Gasteiger charge is -2.36. The topological polar surface area (TPSA) is 90.9 Å². The van der Waals surface area contributed by atoms with Gasteiger partial charge in [0.15, 0.2) is 0 Å². The second-order valence-electron chi connectivity index (χ2n) is 9.44. The Hall–Kier alpha value is -2.94. The molecule has 9 heteroatoms. The van der Waals surface area contributed by atoms with Gasteiger partial charge in [0.05, 0.1) is 11.1 Å². The van der Waals surface area contributed by atoms with Gasteiger partial charge in [-0.05, 0) is 39.8 Å². The minimum absolute atomic E-state index is 0.0869. The van der Waals surface area contributed by atoms with Gasteiger partial charge < -0.3 is 19.9 Å². The summed E-state index contributed by atoms with van der Waals surface area (Å²) in [5.74, 6) is 0.624. The number of nitrogens with one attached hydrogen (secondary N) is 1. The molecule has 0 unspecified atom stereocenters. The summed E-state index contributed by atoms with van der Waals surface area (Å²) in [6, 6.07) is 5.69. The molecule has 0 bridgehead atoms. The smallest absolute Gasteiger partial charge is 0.410 e. The third-order valence-electron chi connectivity index (χ3n) is 5.24. The molecule has 1 aliphatic rings. The van der Waals surface area contributed by atoms with E-state index >= 15 is 0 Å². The first-order chi connectivity index (χ1) is 15.0. The van der Waals surface area contributed by atoms with Crippen LogP contribution in [0.5, 0.6) is 0 Å². The third kappa shape index (κ3) is 5.85. The predicted octanol–water partition coefficient (Wildman–Crippen LogP) is 2.68. The monoisotopic (exact) mass is 442 g/mol. The number of rotatable bonds is 5. The highest BCUT2D eigenvalue weighted by Crippen LogP contribution is 2.23. The van der Waals surface area contributed by atoms with E-state index in [0.29, 0.717) is 30.0 Å². The van der Waals surface area contributed by atoms with E-state index < -0.39 is 5.60 Å². The highest BCUT2D eigenvalue weighted by Gasteiger charge is 2.26. The summed E-state index contributed by atoms with van der Waals surface area (Å²) < 4.78 is 5.47. The molecule has 1 N–H and O–H groups in total. The van der Waals surface area contributed by atoms with E-state index in [1.165, 1.54) is 6.33 Å². The number of amides is 2. The third-order valence-corrected chi connectivity index (χ3v) is 5.24. The van der Waals surface area contributed by atoms with Crippen molar-refractivity contribution in [3.05, 3.63) is 30.1 Å². The predicted molar refractivity (Wildman–Crippen MR) is 125 cm³/mol. The zero-order valence-electron chi connectivity index (χ0n) is 19.9. The van der Waals surface area contributed by atoms with Gasteiger partial charge in [-0.25, -0.2) is 14.8 Å². The molecule has 32 heavy (non-hydrogen) atoms. The quantitative estimate of drug-likeness (QED) is 0.761. The number of benzene rings is 1. The number of nitrogens with zero attached hydrogens (tertiary/aromatic N) is 5. The van der Waals surface area contributed by atoms with Crippen LogP contribution in [0.15, 0.2) is 24.5 Å². The molecule has 1 fully saturated rings. The SMILES string of the molecule is C[C@@H](CN1CCN(C(=O)OC(C)(C)C)CC1)Nc1ncnc2c(C(=O)N(C)C)cccc12. The Labute approximate surface area is 189 Å². The Morgan fingerprint density at radius 2 is 1.84 bits per heavy atom. The maximum atomic E-state index is 12.5. The lowest BCUT2D eigenvalue weighted by molar-refractivity contribution is 0.0144. The molecular weight excluding hydrogens is 408 g/mol. The summed E-state index contributed by atoms with van der Waals surface area (Å²) in [5.41, 5.74) is 0.718. The summed E-state index contributed by atoms with van der Waals surface area (Å²) in [6.07, 6.45) is 1.24. The fourth-order valence-electron chi connectivity index (χ4n) is 3.72. The molecule has 2 heterocycles. The van der Waals surface area contributed by atoms with E-state index in [1.807, 2.05) is 32.9 Å². The van der Waals surface area contributed by atoms with Crippen molar-refractivity contribution in [3.63, 3.8) is 0 Å². The van der Waals surface area contributed by atoms with Gasteiger partial charge in [0, 0.05) is 58.2 Å². The van der Waals surface area contributed by atoms with Crippen molar-refractivity contribution in [2.45, 2.75) is 39.3 Å². The van der Waals surface area contributed by atoms with Crippen LogP contribution in [0.4, 0.5) is 10.6 Å². The molecule has 174 valence electrons. The number of ether oxygens (including phenoxy) is 1. The summed E-state index contributed by atoms with van der Waals surface area (Å²) in [4.78, 5) is 39.2. The summed E-state index contributed by atoms with van der Waals surface area (Å²) in [5, 5.41) is 4.29. The zero-order valence-corrected chi connectivity index (χ0v) is 19.9. The van der Waals surface area contributed by atoms with Gasteiger partial charge in [0.1, 0.15) is 17.7 Å². The number of para-hydroxylation sites is 1. The molecule has 9 nitrogen and oxygen atoms in total. The molecule has 3 rings (SSSR count). The minimum Gasteiger partial charge on any atom is -0.444 e. The van der Waals surface area contributed by atoms with Crippen LogP contribution in [0.3, 0.4) is 0 Å². The van der Waals surface area contributed by atoms with E-state index in [-0.39, 0.29) is 18.0 Å². The van der Waals surface area contributed by atoms with Crippen LogP contribution in [0.25, 0.3) is 10.9 Å². The highest BCUT2D eigenvalue weighted by molar-refractivity contribution is 6.07. The Kier molecular flexibility index (Phi) is 7.18. The molecule has 0 spiro atoms. The van der Waals surface area contributed by atoms with Crippen molar-refractivity contribution in [2.75, 3.05) is 52.1 Å². The number of carbonyl (C=O) groups excluding carboxylic acids is 2. The van der Waals surface area contributed by atoms with Gasteiger partial charge in [-0.3, -0.25) is 9.69 Å². The van der Waals surface area contributed by atoms with Crippen LogP contribution in [-0.2, 0) is 4.74 Å². The average molecular weight is 443 g/mol. The number of fused-ring (bicyclic) bond motifs is 1. The van der Waals surface area contributed by atoms with Crippen molar-refractivity contribution < 1.29 is 14.3 Å². The Balaban J connectivity index is 1.61. The number of anilines is 1. The molecule has 0 saturated carbocycles. The Morgan fingerprint density at radius 1 is 1.16 bits per heavy atom. The second kappa shape index (κ2) is 9.68. The van der Waals surface area contributed by atoms with Gasteiger partial charge in [-0.1, -0.05) is 6.07 Å². The summed E-state index contributed by atoms with van der Waals surface area (Å²) >= 11 is 0. The highest BCUT2D eigenvalue weighted by atomic mass is 16.6. The van der Waals surface area contributed by atoms with Crippen molar-refractivity contribution in [1.29, 1.82) is 0 Å². The van der Waals surface area contributed by atoms with Gasteiger partial charge in [0.25, 0.3) is 5.91 Å². The lowest BCUT2D eigenvalue weighted by atomic mass is 10.1. The number of hydrogen-bond donors (Lipinski definition) is 1. The number of carbonyl (C=O) groups is 2. The fraction of sp³-hybridized carbons (Fsp3) is 0.565. The number of hydrogen-bond acceptors (Lipinski definition) is 7. The van der Waals surface area contributed by atoms with Gasteiger partial charge in [-0.2, -0.15) is 0 Å². The molecule has 2 aromatic rings. The normalized spacial score (nSPS) is 16.0. The van der Waals surface area contributed by atoms with E-state index in [0.717, 1.165) is 25.0 Å². The van der Waals surface area contributed by atoms with E-state index in [1.54, 1.807) is 30.0 Å². The van der Waals surface area contributed by atoms with Crippen molar-refractivity contribution >= 4 is 28.7 Å². The average Bonchev–Trinajstić information content (AvgIpc) is 2.72. The molecule has 2 amide bonds. The van der Waals surface area contributed by atoms with E-state index in [9.17, 15) is 9.59 Å². The van der Waals surface area contributed by atoms with Crippen LogP contribution in [0, 0.1) is 0 Å². The van der Waals surface area contributed by atoms with Crippen LogP contribution >= 0.6 is 0 Å². The number of aromatic nitrogens is 2. The lowest BCUT2D eigenvalue weighted by Crippen LogP contribution is -2.51. The standard InChI is InChI=1S/C23H34N6O3/c1-16(14-28-10-12-29(13-11-28)22(31)32-23(2,3)4)26-20-17-8-7-9-18(21(30)27(5)6)19(17)24-15-25-20/h7-9,15-16H,10-14H2,1-6H3,(H,24,25,26)/t16-/m0/s1. The molecular formula is C23H34N6O3. The molecule has 1 aliphatic heterocycles. The Morgan fingerprint density at radius 3 is 2.47 bits per heavy atom. The fourth-order valence-corrected chi connectivity index (χ4v) is 3.72. The van der Waals surface area contributed by atoms with Crippen molar-refractivity contribution in [1.82, 2.24) is 24.7 Å². The molecule has 1 saturated heterocycles. The zero-order chi connectivity index (χ0) is 23.5. The molecule has 1 aromatic heterocycles. The van der Waals surface area contributed by atoms with E-state index in [4.69, 9.17) is 4.74 Å². The largest absolute Gasteiger partial charge is 0.444 e. The molecule has 0 radical (unpaired) electrons. The first kappa shape index (κ1) is 23.7. The van der Waals surface area contributed by atoms with Gasteiger partial charge in [-0.15, -0.1) is 0 Å². The molecule has 1 atom stereocenters. The maximum Gasteiger partial charge on any atom is 0.410 e. The Bertz CT molecular complexity index is 964. The first-order valence-corrected chi connectivity index (χ1v) is 11.0. The summed E-state index contributed by atoms with van der Waals surface area (Å²) in [6.45, 7) is 11.4. The first-order valence-electron chi connectivity index (χ1n) is 11.0. The van der Waals surface area contributed by atoms with E-state index in [2.05, 4.69) is 27.1 Å². The van der Waals surface area contributed by atoms with Crippen molar-refractivity contribution in [2.24, 2.45) is 0 Å². The summed E-state index contributed by atoms with van der Waals surface area (Å²) in [7, 11) is 3.46. The van der Waals surface area contributed by atoms with Gasteiger partial charge >= 0.3 is 6.09 Å². The van der Waals surface area contributed by atoms with Crippen LogP contribution in [-0.4, -0.2) is 95.1 Å². The molecule has 1 aromatic carbocycles. The molecule has 0 aliphatic carbocycles. The second-order valence-corrected chi connectivity index (χ2v) is 9.44. The van der Waals surface area contributed by atoms with Crippen LogP contribution < -0.4 is 5.32 Å². The van der Waals surface area contributed by atoms with Crippen LogP contribution in [0.1, 0.15) is 38.1 Å². The van der Waals surface area contributed by atoms with Gasteiger partial charge in [0.2, 0.25) is 0 Å².